The summed E-state index contributed by atoms with van der Waals surface area (Å²) in [6.07, 6.45) is 0. The number of carbonyl (C=O) groups excluding carboxylic acids is 1. The van der Waals surface area contributed by atoms with Gasteiger partial charge in [-0.15, -0.1) is 11.6 Å². The molecule has 0 aliphatic carbocycles. The summed E-state index contributed by atoms with van der Waals surface area (Å²) in [5.41, 5.74) is 2.14. The highest BCUT2D eigenvalue weighted by Crippen LogP contribution is 2.39. The minimum atomic E-state index is -0.467. The number of hydrogen-bond donors (Lipinski definition) is 0. The molecule has 1 fully saturated rings. The van der Waals surface area contributed by atoms with Crippen molar-refractivity contribution in [2.75, 3.05) is 7.11 Å². The van der Waals surface area contributed by atoms with Crippen molar-refractivity contribution >= 4 is 17.5 Å². The monoisotopic (exact) mass is 301 g/mol. The third-order valence-electron chi connectivity index (χ3n) is 3.79. The maximum atomic E-state index is 12.0. The Hall–Kier alpha value is -2.00. The minimum Gasteiger partial charge on any atom is -0.497 e. The molecule has 21 heavy (non-hydrogen) atoms. The van der Waals surface area contributed by atoms with Gasteiger partial charge in [0, 0.05) is 6.54 Å². The van der Waals surface area contributed by atoms with Crippen molar-refractivity contribution in [2.45, 2.75) is 18.0 Å². The van der Waals surface area contributed by atoms with E-state index in [1.807, 2.05) is 59.5 Å². The Morgan fingerprint density at radius 3 is 2.38 bits per heavy atom. The first-order valence-electron chi connectivity index (χ1n) is 6.83. The van der Waals surface area contributed by atoms with Gasteiger partial charge in [-0.05, 0) is 23.3 Å². The number of halogens is 1. The van der Waals surface area contributed by atoms with Gasteiger partial charge < -0.3 is 9.64 Å². The summed E-state index contributed by atoms with van der Waals surface area (Å²) in [4.78, 5) is 13.9. The number of benzene rings is 2. The highest BCUT2D eigenvalue weighted by Gasteiger charge is 2.46. The van der Waals surface area contributed by atoms with Crippen molar-refractivity contribution in [2.24, 2.45) is 0 Å². The zero-order valence-corrected chi connectivity index (χ0v) is 12.5. The van der Waals surface area contributed by atoms with E-state index in [1.54, 1.807) is 7.11 Å². The Balaban J connectivity index is 1.78. The molecule has 0 N–H and O–H groups in total. The molecule has 2 aromatic rings. The van der Waals surface area contributed by atoms with E-state index in [-0.39, 0.29) is 11.9 Å². The van der Waals surface area contributed by atoms with Crippen LogP contribution in [-0.2, 0) is 11.3 Å². The largest absolute Gasteiger partial charge is 0.497 e. The minimum absolute atomic E-state index is 0.0127. The van der Waals surface area contributed by atoms with Crippen molar-refractivity contribution in [3.05, 3.63) is 65.7 Å². The second-order valence-electron chi connectivity index (χ2n) is 5.07. The van der Waals surface area contributed by atoms with E-state index in [1.165, 1.54) is 0 Å². The Morgan fingerprint density at radius 1 is 1.10 bits per heavy atom. The van der Waals surface area contributed by atoms with Crippen molar-refractivity contribution in [3.8, 4) is 5.75 Å². The average Bonchev–Trinajstić information content (AvgIpc) is 2.55. The van der Waals surface area contributed by atoms with Gasteiger partial charge in [0.15, 0.2) is 0 Å². The molecule has 0 bridgehead atoms. The molecule has 3 rings (SSSR count). The summed E-state index contributed by atoms with van der Waals surface area (Å²) >= 11 is 6.20. The molecule has 3 nitrogen and oxygen atoms in total. The third kappa shape index (κ3) is 2.61. The lowest BCUT2D eigenvalue weighted by Gasteiger charge is -2.44. The van der Waals surface area contributed by atoms with Crippen molar-refractivity contribution in [1.29, 1.82) is 0 Å². The van der Waals surface area contributed by atoms with Gasteiger partial charge in [-0.2, -0.15) is 0 Å². The molecular weight excluding hydrogens is 286 g/mol. The zero-order chi connectivity index (χ0) is 14.8. The fraction of sp³-hybridized carbons (Fsp3) is 0.235. The van der Waals surface area contributed by atoms with Crippen LogP contribution in [0.4, 0.5) is 0 Å². The van der Waals surface area contributed by atoms with E-state index >= 15 is 0 Å². The Labute approximate surface area is 129 Å². The van der Waals surface area contributed by atoms with Crippen LogP contribution in [0.1, 0.15) is 17.2 Å². The van der Waals surface area contributed by atoms with E-state index < -0.39 is 5.38 Å². The summed E-state index contributed by atoms with van der Waals surface area (Å²) in [6, 6.07) is 17.6. The molecule has 2 atom stereocenters. The standard InChI is InChI=1S/C17H16ClNO2/c1-21-14-9-7-12(8-10-14)11-19-16(15(18)17(19)20)13-5-3-2-4-6-13/h2-10,15-16H,11H2,1H3/t15?,16-/m0/s1. The van der Waals surface area contributed by atoms with Gasteiger partial charge in [0.05, 0.1) is 13.2 Å². The summed E-state index contributed by atoms with van der Waals surface area (Å²) in [6.45, 7) is 0.561. The number of likely N-dealkylation sites (tertiary alicyclic amines) is 1. The van der Waals surface area contributed by atoms with Crippen LogP contribution in [0.5, 0.6) is 5.75 Å². The molecule has 1 amide bonds. The fourth-order valence-corrected chi connectivity index (χ4v) is 3.02. The van der Waals surface area contributed by atoms with Crippen LogP contribution in [0.2, 0.25) is 0 Å². The molecule has 1 aliphatic heterocycles. The SMILES string of the molecule is COc1ccc(CN2C(=O)C(Cl)[C@@H]2c2ccccc2)cc1. The van der Waals surface area contributed by atoms with Gasteiger partial charge >= 0.3 is 0 Å². The van der Waals surface area contributed by atoms with Crippen molar-refractivity contribution < 1.29 is 9.53 Å². The first kappa shape index (κ1) is 14.0. The number of β-lactam (4-membered cyclic amide) rings is 1. The van der Waals surface area contributed by atoms with E-state index in [0.29, 0.717) is 6.54 Å². The molecule has 2 aromatic carbocycles. The van der Waals surface area contributed by atoms with Gasteiger partial charge in [-0.25, -0.2) is 0 Å². The maximum Gasteiger partial charge on any atom is 0.244 e. The van der Waals surface area contributed by atoms with Crippen LogP contribution >= 0.6 is 11.6 Å². The van der Waals surface area contributed by atoms with Crippen LogP contribution in [0.25, 0.3) is 0 Å². The van der Waals surface area contributed by atoms with Gasteiger partial charge in [0.1, 0.15) is 11.1 Å². The van der Waals surface area contributed by atoms with Gasteiger partial charge in [-0.3, -0.25) is 4.79 Å². The number of amides is 1. The Bertz CT molecular complexity index is 627. The van der Waals surface area contributed by atoms with Gasteiger partial charge in [0.25, 0.3) is 0 Å². The maximum absolute atomic E-state index is 12.0. The Morgan fingerprint density at radius 2 is 1.76 bits per heavy atom. The first-order valence-corrected chi connectivity index (χ1v) is 7.27. The summed E-state index contributed by atoms with van der Waals surface area (Å²) in [5, 5.41) is -0.467. The molecule has 0 saturated carbocycles. The van der Waals surface area contributed by atoms with E-state index in [0.717, 1.165) is 16.9 Å². The zero-order valence-electron chi connectivity index (χ0n) is 11.7. The molecule has 0 spiro atoms. The number of hydrogen-bond acceptors (Lipinski definition) is 2. The smallest absolute Gasteiger partial charge is 0.244 e. The molecule has 4 heteroatoms. The van der Waals surface area contributed by atoms with Crippen molar-refractivity contribution in [3.63, 3.8) is 0 Å². The molecule has 1 heterocycles. The summed E-state index contributed by atoms with van der Waals surface area (Å²) in [5.74, 6) is 0.796. The first-order chi connectivity index (χ1) is 10.2. The second-order valence-corrected chi connectivity index (χ2v) is 5.54. The van der Waals surface area contributed by atoms with E-state index in [9.17, 15) is 4.79 Å². The molecule has 1 unspecified atom stereocenters. The molecule has 108 valence electrons. The lowest BCUT2D eigenvalue weighted by Crippen LogP contribution is -2.55. The molecule has 0 aromatic heterocycles. The number of nitrogens with zero attached hydrogens (tertiary/aromatic N) is 1. The quantitative estimate of drug-likeness (QED) is 0.640. The van der Waals surface area contributed by atoms with Crippen LogP contribution in [-0.4, -0.2) is 23.3 Å². The highest BCUT2D eigenvalue weighted by molar-refractivity contribution is 6.33. The van der Waals surface area contributed by atoms with Crippen molar-refractivity contribution in [1.82, 2.24) is 4.90 Å². The van der Waals surface area contributed by atoms with E-state index in [4.69, 9.17) is 16.3 Å². The lowest BCUT2D eigenvalue weighted by atomic mass is 9.92. The highest BCUT2D eigenvalue weighted by atomic mass is 35.5. The summed E-state index contributed by atoms with van der Waals surface area (Å²) < 4.78 is 5.14. The Kier molecular flexibility index (Phi) is 3.84. The number of ether oxygens (including phenoxy) is 1. The average molecular weight is 302 g/mol. The summed E-state index contributed by atoms with van der Waals surface area (Å²) in [7, 11) is 1.64. The molecule has 1 saturated heterocycles. The number of methoxy groups -OCH3 is 1. The topological polar surface area (TPSA) is 29.5 Å². The van der Waals surface area contributed by atoms with Crippen LogP contribution in [0, 0.1) is 0 Å². The molecule has 1 aliphatic rings. The fourth-order valence-electron chi connectivity index (χ4n) is 2.61. The van der Waals surface area contributed by atoms with Crippen LogP contribution in [0.15, 0.2) is 54.6 Å². The third-order valence-corrected chi connectivity index (χ3v) is 4.21. The lowest BCUT2D eigenvalue weighted by molar-refractivity contribution is -0.146. The number of carbonyl (C=O) groups is 1. The molecular formula is C17H16ClNO2. The predicted octanol–water partition coefficient (Wildman–Crippen LogP) is 3.39. The predicted molar refractivity (Wildman–Crippen MR) is 82.4 cm³/mol. The van der Waals surface area contributed by atoms with Crippen LogP contribution < -0.4 is 4.74 Å². The molecule has 0 radical (unpaired) electrons. The normalized spacial score (nSPS) is 21.0. The van der Waals surface area contributed by atoms with E-state index in [2.05, 4.69) is 0 Å². The number of rotatable bonds is 4. The van der Waals surface area contributed by atoms with Gasteiger partial charge in [-0.1, -0.05) is 42.5 Å². The van der Waals surface area contributed by atoms with Crippen LogP contribution in [0.3, 0.4) is 0 Å². The second kappa shape index (κ2) is 5.78. The number of alkyl halides is 1. The van der Waals surface area contributed by atoms with Gasteiger partial charge in [0.2, 0.25) is 5.91 Å².